The molecule has 0 saturated carbocycles. The van der Waals surface area contributed by atoms with Crippen molar-refractivity contribution >= 4 is 29.1 Å². The van der Waals surface area contributed by atoms with Gasteiger partial charge in [0.2, 0.25) is 5.95 Å². The number of hydrogen-bond donors (Lipinski definition) is 0. The molecule has 1 aromatic carbocycles. The lowest BCUT2D eigenvalue weighted by Gasteiger charge is -2.28. The fourth-order valence-corrected chi connectivity index (χ4v) is 4.37. The number of benzene rings is 1. The Morgan fingerprint density at radius 1 is 0.939 bits per heavy atom. The van der Waals surface area contributed by atoms with Crippen molar-refractivity contribution in [3.8, 4) is 11.4 Å². The number of aryl methyl sites for hydroxylation is 1. The van der Waals surface area contributed by atoms with Crippen LogP contribution < -0.4 is 9.91 Å². The number of hydrazone groups is 1. The quantitative estimate of drug-likeness (QED) is 0.482. The Labute approximate surface area is 191 Å². The maximum atomic E-state index is 5.57. The van der Waals surface area contributed by atoms with E-state index in [1.807, 2.05) is 41.0 Å². The highest BCUT2D eigenvalue weighted by Gasteiger charge is 2.27. The molecule has 0 bridgehead atoms. The maximum absolute atomic E-state index is 5.57. The number of nitrogens with zero attached hydrogens (tertiary/aromatic N) is 8. The molecule has 9 nitrogen and oxygen atoms in total. The molecule has 0 radical (unpaired) electrons. The summed E-state index contributed by atoms with van der Waals surface area (Å²) in [4.78, 5) is 21.2. The lowest BCUT2D eigenvalue weighted by atomic mass is 10.0. The number of hydrogen-bond acceptors (Lipinski definition) is 8. The van der Waals surface area contributed by atoms with Crippen molar-refractivity contribution in [2.45, 2.75) is 5.92 Å². The molecule has 1 atom stereocenters. The molecule has 1 saturated heterocycles. The van der Waals surface area contributed by atoms with Crippen LogP contribution in [0.4, 0.5) is 11.8 Å². The third-order valence-electron chi connectivity index (χ3n) is 6.15. The summed E-state index contributed by atoms with van der Waals surface area (Å²) in [6, 6.07) is 14.3. The minimum absolute atomic E-state index is 0.205. The van der Waals surface area contributed by atoms with Gasteiger partial charge in [0.25, 0.3) is 0 Å². The smallest absolute Gasteiger partial charge is 0.250 e. The standard InChI is InChI=1S/C24H24N8O/c1-30-21(18-7-9-25-10-8-18)27-20-22(30)28-24(29-23(20)31-11-13-33-14-12-31)32-16-19(15-26-32)17-5-3-2-4-6-17/h2-10,15,19H,11-14,16H2,1H3. The highest BCUT2D eigenvalue weighted by molar-refractivity contribution is 5.88. The Hall–Kier alpha value is -3.85. The van der Waals surface area contributed by atoms with Crippen LogP contribution in [0.1, 0.15) is 11.5 Å². The van der Waals surface area contributed by atoms with Gasteiger partial charge in [-0.2, -0.15) is 15.1 Å². The highest BCUT2D eigenvalue weighted by atomic mass is 16.5. The summed E-state index contributed by atoms with van der Waals surface area (Å²) >= 11 is 0. The summed E-state index contributed by atoms with van der Waals surface area (Å²) in [6.45, 7) is 3.57. The van der Waals surface area contributed by atoms with E-state index in [-0.39, 0.29) is 5.92 Å². The molecule has 9 heteroatoms. The van der Waals surface area contributed by atoms with Gasteiger partial charge in [0, 0.05) is 50.2 Å². The number of ether oxygens (including phenoxy) is 1. The van der Waals surface area contributed by atoms with E-state index in [0.717, 1.165) is 41.5 Å². The van der Waals surface area contributed by atoms with Gasteiger partial charge in [0.15, 0.2) is 17.0 Å². The van der Waals surface area contributed by atoms with Crippen molar-refractivity contribution in [2.24, 2.45) is 12.1 Å². The predicted molar refractivity (Wildman–Crippen MR) is 128 cm³/mol. The van der Waals surface area contributed by atoms with Crippen molar-refractivity contribution in [1.82, 2.24) is 24.5 Å². The third kappa shape index (κ3) is 3.60. The molecule has 33 heavy (non-hydrogen) atoms. The molecule has 2 aliphatic rings. The second-order valence-electron chi connectivity index (χ2n) is 8.21. The number of rotatable bonds is 4. The van der Waals surface area contributed by atoms with Crippen LogP contribution in [0.25, 0.3) is 22.6 Å². The monoisotopic (exact) mass is 440 g/mol. The molecule has 0 amide bonds. The Balaban J connectivity index is 1.44. The fourth-order valence-electron chi connectivity index (χ4n) is 4.37. The minimum atomic E-state index is 0.205. The normalized spacial score (nSPS) is 18.4. The van der Waals surface area contributed by atoms with Gasteiger partial charge in [-0.3, -0.25) is 4.98 Å². The van der Waals surface area contributed by atoms with Crippen LogP contribution in [0, 0.1) is 0 Å². The van der Waals surface area contributed by atoms with E-state index in [1.54, 1.807) is 12.4 Å². The Morgan fingerprint density at radius 2 is 1.73 bits per heavy atom. The van der Waals surface area contributed by atoms with E-state index in [9.17, 15) is 0 Å². The number of fused-ring (bicyclic) bond motifs is 1. The second kappa shape index (κ2) is 8.25. The van der Waals surface area contributed by atoms with Crippen LogP contribution in [0.15, 0.2) is 60.0 Å². The summed E-state index contributed by atoms with van der Waals surface area (Å²) in [5, 5.41) is 6.54. The van der Waals surface area contributed by atoms with Gasteiger partial charge in [0.1, 0.15) is 5.82 Å². The summed E-state index contributed by atoms with van der Waals surface area (Å²) < 4.78 is 7.60. The zero-order valence-electron chi connectivity index (χ0n) is 18.4. The van der Waals surface area contributed by atoms with E-state index >= 15 is 0 Å². The molecule has 0 spiro atoms. The topological polar surface area (TPSA) is 84.6 Å². The first-order valence-corrected chi connectivity index (χ1v) is 11.1. The van der Waals surface area contributed by atoms with Gasteiger partial charge in [-0.05, 0) is 17.7 Å². The Kier molecular flexibility index (Phi) is 4.95. The third-order valence-corrected chi connectivity index (χ3v) is 6.15. The van der Waals surface area contributed by atoms with Crippen molar-refractivity contribution < 1.29 is 4.74 Å². The van der Waals surface area contributed by atoms with Gasteiger partial charge in [-0.25, -0.2) is 9.99 Å². The molecule has 2 aliphatic heterocycles. The summed E-state index contributed by atoms with van der Waals surface area (Å²) in [5.74, 6) is 2.45. The lowest BCUT2D eigenvalue weighted by molar-refractivity contribution is 0.122. The highest BCUT2D eigenvalue weighted by Crippen LogP contribution is 2.32. The molecular formula is C24H24N8O. The molecule has 5 heterocycles. The molecule has 1 fully saturated rings. The summed E-state index contributed by atoms with van der Waals surface area (Å²) in [7, 11) is 1.99. The molecule has 0 aliphatic carbocycles. The number of anilines is 2. The molecule has 166 valence electrons. The molecule has 3 aromatic heterocycles. The van der Waals surface area contributed by atoms with Crippen molar-refractivity contribution in [1.29, 1.82) is 0 Å². The first-order chi connectivity index (χ1) is 16.3. The van der Waals surface area contributed by atoms with E-state index in [2.05, 4.69) is 39.3 Å². The first kappa shape index (κ1) is 19.8. The van der Waals surface area contributed by atoms with Crippen molar-refractivity contribution in [2.75, 3.05) is 42.8 Å². The predicted octanol–water partition coefficient (Wildman–Crippen LogP) is 2.85. The SMILES string of the molecule is Cn1c(-c2ccncc2)nc2c(N3CCOCC3)nc(N3CC(c4ccccc4)C=N3)nc21. The van der Waals surface area contributed by atoms with Gasteiger partial charge in [0.05, 0.1) is 19.8 Å². The van der Waals surface area contributed by atoms with Crippen LogP contribution in [0.2, 0.25) is 0 Å². The van der Waals surface area contributed by atoms with Crippen LogP contribution in [-0.2, 0) is 11.8 Å². The zero-order chi connectivity index (χ0) is 22.2. The summed E-state index contributed by atoms with van der Waals surface area (Å²) in [6.07, 6.45) is 5.53. The van der Waals surface area contributed by atoms with Crippen LogP contribution in [0.5, 0.6) is 0 Å². The van der Waals surface area contributed by atoms with Crippen molar-refractivity contribution in [3.05, 3.63) is 60.4 Å². The van der Waals surface area contributed by atoms with Crippen LogP contribution >= 0.6 is 0 Å². The molecule has 6 rings (SSSR count). The van der Waals surface area contributed by atoms with E-state index in [0.29, 0.717) is 25.7 Å². The molecular weight excluding hydrogens is 416 g/mol. The Morgan fingerprint density at radius 3 is 2.52 bits per heavy atom. The van der Waals surface area contributed by atoms with Gasteiger partial charge in [-0.15, -0.1) is 0 Å². The van der Waals surface area contributed by atoms with Crippen LogP contribution in [0.3, 0.4) is 0 Å². The largest absolute Gasteiger partial charge is 0.378 e. The van der Waals surface area contributed by atoms with Crippen LogP contribution in [-0.4, -0.2) is 63.6 Å². The molecule has 0 N–H and O–H groups in total. The second-order valence-corrected chi connectivity index (χ2v) is 8.21. The number of aromatic nitrogens is 5. The Bertz CT molecular complexity index is 1300. The number of morpholine rings is 1. The van der Waals surface area contributed by atoms with E-state index < -0.39 is 0 Å². The van der Waals surface area contributed by atoms with E-state index in [4.69, 9.17) is 19.7 Å². The number of imidazole rings is 1. The van der Waals surface area contributed by atoms with Crippen molar-refractivity contribution in [3.63, 3.8) is 0 Å². The minimum Gasteiger partial charge on any atom is -0.378 e. The van der Waals surface area contributed by atoms with Gasteiger partial charge in [-0.1, -0.05) is 30.3 Å². The molecule has 4 aromatic rings. The number of pyridine rings is 1. The van der Waals surface area contributed by atoms with Gasteiger partial charge >= 0.3 is 0 Å². The molecule has 1 unspecified atom stereocenters. The lowest BCUT2D eigenvalue weighted by Crippen LogP contribution is -2.37. The average Bonchev–Trinajstić information content (AvgIpc) is 3.51. The first-order valence-electron chi connectivity index (χ1n) is 11.1. The van der Waals surface area contributed by atoms with E-state index in [1.165, 1.54) is 5.56 Å². The van der Waals surface area contributed by atoms with Gasteiger partial charge < -0.3 is 14.2 Å². The zero-order valence-corrected chi connectivity index (χ0v) is 18.4. The summed E-state index contributed by atoms with van der Waals surface area (Å²) in [5.41, 5.74) is 3.80. The average molecular weight is 441 g/mol. The maximum Gasteiger partial charge on any atom is 0.250 e. The fraction of sp³-hybridized carbons (Fsp3) is 0.292.